The summed E-state index contributed by atoms with van der Waals surface area (Å²) in [5.74, 6) is -2.59. The highest BCUT2D eigenvalue weighted by atomic mass is 127. The van der Waals surface area contributed by atoms with Crippen LogP contribution in [-0.2, 0) is 23.9 Å². The summed E-state index contributed by atoms with van der Waals surface area (Å²) in [6, 6.07) is 15.0. The quantitative estimate of drug-likeness (QED) is 0.168. The van der Waals surface area contributed by atoms with E-state index in [1.807, 2.05) is 22.6 Å². The Morgan fingerprint density at radius 2 is 1.35 bits per heavy atom. The molecular formula is C19H15IO6. The highest BCUT2D eigenvalue weighted by Crippen LogP contribution is 2.25. The molecule has 2 rings (SSSR count). The lowest BCUT2D eigenvalue weighted by molar-refractivity contribution is -0.142. The minimum Gasteiger partial charge on any atom is -0.465 e. The van der Waals surface area contributed by atoms with Gasteiger partial charge in [-0.3, -0.25) is 0 Å². The smallest absolute Gasteiger partial charge is 0.351 e. The van der Waals surface area contributed by atoms with Crippen LogP contribution >= 0.6 is 22.6 Å². The van der Waals surface area contributed by atoms with Crippen molar-refractivity contribution in [1.82, 2.24) is 0 Å². The lowest BCUT2D eigenvalue weighted by atomic mass is 9.99. The molecule has 2 aromatic rings. The van der Waals surface area contributed by atoms with Gasteiger partial charge >= 0.3 is 17.9 Å². The molecule has 0 heterocycles. The molecule has 0 atom stereocenters. The molecule has 0 unspecified atom stereocenters. The van der Waals surface area contributed by atoms with E-state index < -0.39 is 23.5 Å². The minimum absolute atomic E-state index is 0.226. The van der Waals surface area contributed by atoms with Gasteiger partial charge in [-0.15, -0.1) is 0 Å². The molecule has 7 heteroatoms. The zero-order valence-corrected chi connectivity index (χ0v) is 16.2. The number of methoxy groups -OCH3 is 2. The maximum absolute atomic E-state index is 12.7. The molecule has 0 saturated carbocycles. The zero-order chi connectivity index (χ0) is 19.1. The molecule has 0 aliphatic carbocycles. The number of benzene rings is 2. The Hall–Kier alpha value is -2.68. The van der Waals surface area contributed by atoms with E-state index in [9.17, 15) is 14.4 Å². The van der Waals surface area contributed by atoms with Gasteiger partial charge in [0.2, 0.25) is 0 Å². The average molecular weight is 466 g/mol. The first-order chi connectivity index (χ1) is 12.5. The van der Waals surface area contributed by atoms with E-state index in [2.05, 4.69) is 0 Å². The SMILES string of the molecule is COC(=O)/C(C(=O)Oc1ccccc1I)=C(/C(=O)OC)c1ccccc1. The third-order valence-corrected chi connectivity index (χ3v) is 4.23. The van der Waals surface area contributed by atoms with Crippen LogP contribution in [0.25, 0.3) is 5.57 Å². The number of carbonyl (C=O) groups is 3. The summed E-state index contributed by atoms with van der Waals surface area (Å²) in [4.78, 5) is 37.3. The second-order valence-electron chi connectivity index (χ2n) is 4.92. The van der Waals surface area contributed by atoms with Gasteiger partial charge in [0.25, 0.3) is 0 Å². The first-order valence-electron chi connectivity index (χ1n) is 7.42. The molecule has 0 spiro atoms. The fourth-order valence-corrected chi connectivity index (χ4v) is 2.64. The van der Waals surface area contributed by atoms with Crippen molar-refractivity contribution < 1.29 is 28.6 Å². The van der Waals surface area contributed by atoms with Gasteiger partial charge in [-0.05, 0) is 40.3 Å². The molecule has 26 heavy (non-hydrogen) atoms. The second-order valence-corrected chi connectivity index (χ2v) is 6.08. The number of ether oxygens (including phenoxy) is 3. The zero-order valence-electron chi connectivity index (χ0n) is 14.0. The number of rotatable bonds is 5. The summed E-state index contributed by atoms with van der Waals surface area (Å²) in [7, 11) is 2.27. The summed E-state index contributed by atoms with van der Waals surface area (Å²) in [6.07, 6.45) is 0. The minimum atomic E-state index is -1.01. The van der Waals surface area contributed by atoms with E-state index in [1.54, 1.807) is 54.6 Å². The average Bonchev–Trinajstić information content (AvgIpc) is 2.67. The highest BCUT2D eigenvalue weighted by molar-refractivity contribution is 14.1. The van der Waals surface area contributed by atoms with Crippen LogP contribution < -0.4 is 4.74 Å². The fourth-order valence-electron chi connectivity index (χ4n) is 2.14. The molecule has 2 aromatic carbocycles. The van der Waals surface area contributed by atoms with Crippen molar-refractivity contribution in [2.24, 2.45) is 0 Å². The fraction of sp³-hybridized carbons (Fsp3) is 0.105. The third-order valence-electron chi connectivity index (χ3n) is 3.33. The molecule has 6 nitrogen and oxygen atoms in total. The molecule has 0 amide bonds. The van der Waals surface area contributed by atoms with Crippen molar-refractivity contribution in [1.29, 1.82) is 0 Å². The largest absolute Gasteiger partial charge is 0.465 e. The summed E-state index contributed by atoms with van der Waals surface area (Å²) >= 11 is 1.99. The van der Waals surface area contributed by atoms with E-state index >= 15 is 0 Å². The first-order valence-corrected chi connectivity index (χ1v) is 8.50. The van der Waals surface area contributed by atoms with Gasteiger partial charge in [-0.2, -0.15) is 0 Å². The molecule has 0 N–H and O–H groups in total. The molecule has 134 valence electrons. The van der Waals surface area contributed by atoms with Gasteiger partial charge in [0.15, 0.2) is 5.57 Å². The molecule has 0 radical (unpaired) electrons. The number of hydrogen-bond acceptors (Lipinski definition) is 6. The van der Waals surface area contributed by atoms with Gasteiger partial charge in [-0.1, -0.05) is 42.5 Å². The van der Waals surface area contributed by atoms with Crippen LogP contribution in [0.5, 0.6) is 5.75 Å². The normalized spacial score (nSPS) is 11.2. The van der Waals surface area contributed by atoms with Gasteiger partial charge in [-0.25, -0.2) is 14.4 Å². The van der Waals surface area contributed by atoms with Gasteiger partial charge < -0.3 is 14.2 Å². The first kappa shape index (κ1) is 19.6. The monoisotopic (exact) mass is 466 g/mol. The van der Waals surface area contributed by atoms with Crippen LogP contribution in [0.2, 0.25) is 0 Å². The van der Waals surface area contributed by atoms with Crippen molar-refractivity contribution in [2.75, 3.05) is 14.2 Å². The number of esters is 3. The standard InChI is InChI=1S/C19H15IO6/c1-24-17(21)15(12-8-4-3-5-9-12)16(18(22)25-2)19(23)26-14-11-7-6-10-13(14)20/h3-11H,1-2H3/b16-15-. The van der Waals surface area contributed by atoms with Crippen LogP contribution in [0.4, 0.5) is 0 Å². The Morgan fingerprint density at radius 3 is 1.92 bits per heavy atom. The van der Waals surface area contributed by atoms with Gasteiger partial charge in [0.1, 0.15) is 5.75 Å². The lowest BCUT2D eigenvalue weighted by Crippen LogP contribution is -2.24. The van der Waals surface area contributed by atoms with Crippen LogP contribution in [0.3, 0.4) is 0 Å². The molecule has 0 aromatic heterocycles. The summed E-state index contributed by atoms with van der Waals surface area (Å²) in [5, 5.41) is 0. The summed E-state index contributed by atoms with van der Waals surface area (Å²) < 4.78 is 15.4. The van der Waals surface area contributed by atoms with E-state index in [1.165, 1.54) is 0 Å². The molecule has 0 bridgehead atoms. The van der Waals surface area contributed by atoms with Crippen molar-refractivity contribution in [3.05, 3.63) is 69.3 Å². The maximum Gasteiger partial charge on any atom is 0.351 e. The summed E-state index contributed by atoms with van der Waals surface area (Å²) in [5.41, 5.74) is -0.430. The lowest BCUT2D eigenvalue weighted by Gasteiger charge is -2.13. The molecule has 0 saturated heterocycles. The van der Waals surface area contributed by atoms with Crippen molar-refractivity contribution in [3.8, 4) is 5.75 Å². The van der Waals surface area contributed by atoms with E-state index in [0.717, 1.165) is 14.2 Å². The molecule has 0 aliphatic heterocycles. The van der Waals surface area contributed by atoms with Crippen LogP contribution in [0, 0.1) is 3.57 Å². The molecule has 0 aliphatic rings. The summed E-state index contributed by atoms with van der Waals surface area (Å²) in [6.45, 7) is 0. The van der Waals surface area contributed by atoms with E-state index in [4.69, 9.17) is 14.2 Å². The number of para-hydroxylation sites is 1. The molecule has 0 fully saturated rings. The topological polar surface area (TPSA) is 78.9 Å². The predicted octanol–water partition coefficient (Wildman–Crippen LogP) is 3.00. The van der Waals surface area contributed by atoms with Crippen molar-refractivity contribution in [2.45, 2.75) is 0 Å². The van der Waals surface area contributed by atoms with Crippen molar-refractivity contribution >= 4 is 46.1 Å². The predicted molar refractivity (Wildman–Crippen MR) is 102 cm³/mol. The van der Waals surface area contributed by atoms with Gasteiger partial charge in [0.05, 0.1) is 23.4 Å². The number of halogens is 1. The van der Waals surface area contributed by atoms with E-state index in [0.29, 0.717) is 9.13 Å². The highest BCUT2D eigenvalue weighted by Gasteiger charge is 2.31. The van der Waals surface area contributed by atoms with Crippen LogP contribution in [0.15, 0.2) is 60.2 Å². The maximum atomic E-state index is 12.7. The second kappa shape index (κ2) is 9.14. The Balaban J connectivity index is 2.60. The Kier molecular flexibility index (Phi) is 6.90. The Labute approximate surface area is 163 Å². The van der Waals surface area contributed by atoms with Crippen molar-refractivity contribution in [3.63, 3.8) is 0 Å². The Bertz CT molecular complexity index is 857. The number of hydrogen-bond donors (Lipinski definition) is 0. The number of carbonyl (C=O) groups excluding carboxylic acids is 3. The van der Waals surface area contributed by atoms with E-state index in [-0.39, 0.29) is 11.3 Å². The Morgan fingerprint density at radius 1 is 0.769 bits per heavy atom. The van der Waals surface area contributed by atoms with Gasteiger partial charge in [0, 0.05) is 0 Å². The third kappa shape index (κ3) is 4.48. The van der Waals surface area contributed by atoms with Crippen LogP contribution in [-0.4, -0.2) is 32.1 Å². The van der Waals surface area contributed by atoms with Crippen LogP contribution in [0.1, 0.15) is 5.56 Å². The molecular weight excluding hydrogens is 451 g/mol.